The molecule has 0 radical (unpaired) electrons. The molecule has 0 N–H and O–H groups in total. The molecule has 0 unspecified atom stereocenters. The number of methoxy groups -OCH3 is 1. The molecule has 0 rings (SSSR count). The van der Waals surface area contributed by atoms with E-state index in [2.05, 4.69) is 4.74 Å². The molecule has 3 heteroatoms. The summed E-state index contributed by atoms with van der Waals surface area (Å²) in [5.41, 5.74) is 0. The van der Waals surface area contributed by atoms with E-state index in [1.807, 2.05) is 0 Å². The highest BCUT2D eigenvalue weighted by atomic mass is 127. The van der Waals surface area contributed by atoms with Gasteiger partial charge in [0, 0.05) is 6.42 Å². The van der Waals surface area contributed by atoms with Crippen LogP contribution in [0, 0.1) is 0 Å². The van der Waals surface area contributed by atoms with E-state index in [4.69, 9.17) is 0 Å². The third kappa shape index (κ3) is 6.20. The van der Waals surface area contributed by atoms with Crippen molar-refractivity contribution in [2.45, 2.75) is 13.3 Å². The first kappa shape index (κ1) is 10.2. The maximum atomic E-state index is 9.96. The van der Waals surface area contributed by atoms with Gasteiger partial charge in [-0.1, -0.05) is 6.92 Å². The van der Waals surface area contributed by atoms with Gasteiger partial charge in [-0.25, -0.2) is 0 Å². The van der Waals surface area contributed by atoms with Crippen LogP contribution in [0.1, 0.15) is 13.3 Å². The first-order valence-corrected chi connectivity index (χ1v) is 1.88. The lowest BCUT2D eigenvalue weighted by molar-refractivity contribution is -0.140. The van der Waals surface area contributed by atoms with Gasteiger partial charge in [-0.2, -0.15) is 0 Å². The Kier molecular flexibility index (Phi) is 9.07. The molecular formula is C4H9IO2. The molecule has 0 atom stereocenters. The number of ether oxygens (including phenoxy) is 1. The topological polar surface area (TPSA) is 26.3 Å². The number of carbonyl (C=O) groups excluding carboxylic acids is 1. The second-order valence-corrected chi connectivity index (χ2v) is 0.930. The van der Waals surface area contributed by atoms with Gasteiger partial charge in [-0.05, 0) is 0 Å². The van der Waals surface area contributed by atoms with Crippen molar-refractivity contribution in [2.24, 2.45) is 0 Å². The highest BCUT2D eigenvalue weighted by molar-refractivity contribution is 14.0. The fourth-order valence-electron chi connectivity index (χ4n) is 0.144. The van der Waals surface area contributed by atoms with E-state index in [-0.39, 0.29) is 29.9 Å². The number of hydrogen-bond donors (Lipinski definition) is 0. The van der Waals surface area contributed by atoms with Crippen LogP contribution in [0.2, 0.25) is 0 Å². The maximum Gasteiger partial charge on any atom is 0.305 e. The Morgan fingerprint density at radius 2 is 2.14 bits per heavy atom. The Morgan fingerprint density at radius 1 is 1.71 bits per heavy atom. The summed E-state index contributed by atoms with van der Waals surface area (Å²) < 4.78 is 4.26. The second-order valence-electron chi connectivity index (χ2n) is 0.930. The zero-order chi connectivity index (χ0) is 4.99. The van der Waals surface area contributed by atoms with Crippen LogP contribution in [-0.2, 0) is 9.53 Å². The fourth-order valence-corrected chi connectivity index (χ4v) is 0.144. The van der Waals surface area contributed by atoms with Crippen LogP contribution in [0.3, 0.4) is 0 Å². The predicted molar refractivity (Wildman–Crippen MR) is 37.7 cm³/mol. The van der Waals surface area contributed by atoms with Crippen molar-refractivity contribution in [2.75, 3.05) is 7.11 Å². The quantitative estimate of drug-likeness (QED) is 0.486. The zero-order valence-corrected chi connectivity index (χ0v) is 6.76. The molecule has 44 valence electrons. The molecule has 0 aliphatic carbocycles. The molecule has 0 heterocycles. The monoisotopic (exact) mass is 216 g/mol. The highest BCUT2D eigenvalue weighted by Gasteiger charge is 1.87. The molecule has 0 bridgehead atoms. The Hall–Kier alpha value is 0.200. The molecule has 0 amide bonds. The van der Waals surface area contributed by atoms with Gasteiger partial charge in [0.15, 0.2) is 0 Å². The number of carbonyl (C=O) groups is 1. The van der Waals surface area contributed by atoms with Crippen LogP contribution in [0.5, 0.6) is 0 Å². The van der Waals surface area contributed by atoms with Gasteiger partial charge in [-0.3, -0.25) is 4.79 Å². The number of halogens is 1. The fraction of sp³-hybridized carbons (Fsp3) is 0.750. The lowest BCUT2D eigenvalue weighted by atomic mass is 10.5. The van der Waals surface area contributed by atoms with Crippen LogP contribution >= 0.6 is 24.0 Å². The molecular weight excluding hydrogens is 207 g/mol. The van der Waals surface area contributed by atoms with Gasteiger partial charge < -0.3 is 4.74 Å². The van der Waals surface area contributed by atoms with E-state index < -0.39 is 0 Å². The van der Waals surface area contributed by atoms with E-state index in [0.717, 1.165) is 0 Å². The number of rotatable bonds is 1. The van der Waals surface area contributed by atoms with E-state index in [0.29, 0.717) is 6.42 Å². The van der Waals surface area contributed by atoms with Crippen LogP contribution in [0.25, 0.3) is 0 Å². The van der Waals surface area contributed by atoms with Crippen molar-refractivity contribution < 1.29 is 9.53 Å². The minimum Gasteiger partial charge on any atom is -0.469 e. The Morgan fingerprint density at radius 3 is 2.14 bits per heavy atom. The SMILES string of the molecule is CCC(=O)OC.I. The standard InChI is InChI=1S/C4H8O2.HI/c1-3-4(5)6-2;/h3H2,1-2H3;1H. The molecule has 7 heavy (non-hydrogen) atoms. The van der Waals surface area contributed by atoms with Gasteiger partial charge in [0.05, 0.1) is 7.11 Å². The van der Waals surface area contributed by atoms with E-state index in [9.17, 15) is 4.79 Å². The minimum absolute atomic E-state index is 0. The van der Waals surface area contributed by atoms with Gasteiger partial charge in [0.1, 0.15) is 0 Å². The summed E-state index contributed by atoms with van der Waals surface area (Å²) in [6.07, 6.45) is 0.469. The molecule has 0 saturated carbocycles. The Balaban J connectivity index is 0. The minimum atomic E-state index is -0.157. The number of hydrogen-bond acceptors (Lipinski definition) is 2. The summed E-state index contributed by atoms with van der Waals surface area (Å²) in [7, 11) is 1.38. The van der Waals surface area contributed by atoms with E-state index in [1.165, 1.54) is 7.11 Å². The van der Waals surface area contributed by atoms with E-state index in [1.54, 1.807) is 6.92 Å². The van der Waals surface area contributed by atoms with Crippen LogP contribution in [0.15, 0.2) is 0 Å². The van der Waals surface area contributed by atoms with Gasteiger partial charge >= 0.3 is 5.97 Å². The van der Waals surface area contributed by atoms with Crippen molar-refractivity contribution in [1.29, 1.82) is 0 Å². The molecule has 0 aromatic rings. The average Bonchev–Trinajstić information content (AvgIpc) is 1.65. The molecule has 0 saturated heterocycles. The third-order valence-corrected chi connectivity index (χ3v) is 0.516. The lowest BCUT2D eigenvalue weighted by Gasteiger charge is -1.87. The molecule has 2 nitrogen and oxygen atoms in total. The van der Waals surface area contributed by atoms with Crippen LogP contribution < -0.4 is 0 Å². The molecule has 0 fully saturated rings. The lowest BCUT2D eigenvalue weighted by Crippen LogP contribution is -1.94. The Labute approximate surface area is 60.3 Å². The molecule has 0 aliphatic rings. The zero-order valence-electron chi connectivity index (χ0n) is 4.43. The first-order chi connectivity index (χ1) is 2.81. The van der Waals surface area contributed by atoms with Crippen molar-refractivity contribution in [3.63, 3.8) is 0 Å². The normalized spacial score (nSPS) is 6.57. The summed E-state index contributed by atoms with van der Waals surface area (Å²) in [5.74, 6) is -0.157. The first-order valence-electron chi connectivity index (χ1n) is 1.88. The van der Waals surface area contributed by atoms with Crippen molar-refractivity contribution in [3.8, 4) is 0 Å². The largest absolute Gasteiger partial charge is 0.469 e. The highest BCUT2D eigenvalue weighted by Crippen LogP contribution is 1.76. The van der Waals surface area contributed by atoms with Crippen LogP contribution in [-0.4, -0.2) is 13.1 Å². The Bertz CT molecular complexity index is 47.7. The molecule has 0 aromatic carbocycles. The van der Waals surface area contributed by atoms with E-state index >= 15 is 0 Å². The average molecular weight is 216 g/mol. The summed E-state index contributed by atoms with van der Waals surface area (Å²) in [6, 6.07) is 0. The summed E-state index contributed by atoms with van der Waals surface area (Å²) >= 11 is 0. The summed E-state index contributed by atoms with van der Waals surface area (Å²) in [6.45, 7) is 1.76. The number of esters is 1. The molecule has 0 spiro atoms. The van der Waals surface area contributed by atoms with Crippen molar-refractivity contribution in [1.82, 2.24) is 0 Å². The second kappa shape index (κ2) is 6.20. The van der Waals surface area contributed by atoms with Crippen molar-refractivity contribution in [3.05, 3.63) is 0 Å². The van der Waals surface area contributed by atoms with Crippen molar-refractivity contribution >= 4 is 29.9 Å². The van der Waals surface area contributed by atoms with Crippen LogP contribution in [0.4, 0.5) is 0 Å². The van der Waals surface area contributed by atoms with Gasteiger partial charge in [0.2, 0.25) is 0 Å². The van der Waals surface area contributed by atoms with Gasteiger partial charge in [-0.15, -0.1) is 24.0 Å². The van der Waals surface area contributed by atoms with Gasteiger partial charge in [0.25, 0.3) is 0 Å². The smallest absolute Gasteiger partial charge is 0.305 e. The maximum absolute atomic E-state index is 9.96. The molecule has 0 aromatic heterocycles. The summed E-state index contributed by atoms with van der Waals surface area (Å²) in [5, 5.41) is 0. The molecule has 0 aliphatic heterocycles. The third-order valence-electron chi connectivity index (χ3n) is 0.516. The predicted octanol–water partition coefficient (Wildman–Crippen LogP) is 1.19. The summed E-state index contributed by atoms with van der Waals surface area (Å²) in [4.78, 5) is 9.96.